The summed E-state index contributed by atoms with van der Waals surface area (Å²) in [5, 5.41) is 10.6. The Kier molecular flexibility index (Phi) is 5.71. The van der Waals surface area contributed by atoms with Crippen molar-refractivity contribution in [2.24, 2.45) is 0 Å². The van der Waals surface area contributed by atoms with Crippen molar-refractivity contribution in [2.75, 3.05) is 31.4 Å². The van der Waals surface area contributed by atoms with Crippen LogP contribution in [0.4, 0.5) is 5.82 Å². The molecule has 4 rings (SSSR count). The van der Waals surface area contributed by atoms with Gasteiger partial charge in [0.25, 0.3) is 0 Å². The first-order valence-electron chi connectivity index (χ1n) is 9.94. The van der Waals surface area contributed by atoms with E-state index in [0.29, 0.717) is 41.1 Å². The van der Waals surface area contributed by atoms with Crippen LogP contribution in [0.15, 0.2) is 34.0 Å². The molecule has 1 aromatic carbocycles. The van der Waals surface area contributed by atoms with Gasteiger partial charge in [0.15, 0.2) is 5.43 Å². The Morgan fingerprint density at radius 1 is 1.30 bits per heavy atom. The number of carboxylic acid groups (broad SMARTS) is 1. The number of hydrogen-bond donors (Lipinski definition) is 1. The molecule has 0 spiro atoms. The molecular weight excluding hydrogens is 402 g/mol. The molecule has 0 aliphatic heterocycles. The quantitative estimate of drug-likeness (QED) is 0.436. The van der Waals surface area contributed by atoms with Crippen molar-refractivity contribution in [1.29, 1.82) is 0 Å². The fourth-order valence-electron chi connectivity index (χ4n) is 3.96. The summed E-state index contributed by atoms with van der Waals surface area (Å²) in [5.74, 6) is -0.223. The van der Waals surface area contributed by atoms with Gasteiger partial charge >= 0.3 is 5.97 Å². The molecule has 0 bridgehead atoms. The van der Waals surface area contributed by atoms with E-state index in [-0.39, 0.29) is 12.0 Å². The molecule has 0 atom stereocenters. The second-order valence-corrected chi connectivity index (χ2v) is 8.40. The highest BCUT2D eigenvalue weighted by molar-refractivity contribution is 7.98. The summed E-state index contributed by atoms with van der Waals surface area (Å²) >= 11 is 1.51. The number of pyridine rings is 2. The molecule has 0 saturated heterocycles. The first-order valence-corrected chi connectivity index (χ1v) is 11.2. The summed E-state index contributed by atoms with van der Waals surface area (Å²) in [5.41, 5.74) is 1.94. The van der Waals surface area contributed by atoms with Crippen molar-refractivity contribution in [3.63, 3.8) is 0 Å². The predicted octanol–water partition coefficient (Wildman–Crippen LogP) is 3.28. The number of aryl methyl sites for hydroxylation is 1. The monoisotopic (exact) mass is 427 g/mol. The Bertz CT molecular complexity index is 1190. The van der Waals surface area contributed by atoms with Crippen LogP contribution in [0.5, 0.6) is 0 Å². The highest BCUT2D eigenvalue weighted by atomic mass is 32.2. The topological polar surface area (TPSA) is 84.7 Å². The van der Waals surface area contributed by atoms with Crippen LogP contribution in [0, 0.1) is 6.92 Å². The molecule has 2 heterocycles. The molecule has 158 valence electrons. The molecule has 8 heteroatoms. The van der Waals surface area contributed by atoms with Gasteiger partial charge in [-0.2, -0.15) is 0 Å². The molecule has 1 saturated carbocycles. The highest BCUT2D eigenvalue weighted by Gasteiger charge is 2.30. The molecule has 1 fully saturated rings. The van der Waals surface area contributed by atoms with Crippen molar-refractivity contribution in [2.45, 2.75) is 37.2 Å². The molecular formula is C22H25N3O4S. The Labute approximate surface area is 178 Å². The van der Waals surface area contributed by atoms with E-state index in [1.54, 1.807) is 23.8 Å². The van der Waals surface area contributed by atoms with Gasteiger partial charge in [0.2, 0.25) is 0 Å². The van der Waals surface area contributed by atoms with Crippen LogP contribution < -0.4 is 10.3 Å². The number of hydrogen-bond acceptors (Lipinski definition) is 6. The van der Waals surface area contributed by atoms with E-state index < -0.39 is 5.97 Å². The molecule has 3 aromatic rings. The third kappa shape index (κ3) is 3.65. The number of fused-ring (bicyclic) bond motifs is 2. The van der Waals surface area contributed by atoms with Crippen LogP contribution in [-0.4, -0.2) is 53.2 Å². The highest BCUT2D eigenvalue weighted by Crippen LogP contribution is 2.33. The predicted molar refractivity (Wildman–Crippen MR) is 120 cm³/mol. The zero-order valence-corrected chi connectivity index (χ0v) is 18.2. The summed E-state index contributed by atoms with van der Waals surface area (Å²) in [6, 6.07) is 7.74. The number of nitrogens with zero attached hydrogens (tertiary/aromatic N) is 3. The molecule has 0 unspecified atom stereocenters. The van der Waals surface area contributed by atoms with E-state index in [9.17, 15) is 14.7 Å². The number of aromatic nitrogens is 2. The molecule has 0 amide bonds. The lowest BCUT2D eigenvalue weighted by molar-refractivity contribution is -0.137. The van der Waals surface area contributed by atoms with E-state index in [0.717, 1.165) is 29.1 Å². The number of rotatable bonds is 8. The zero-order valence-electron chi connectivity index (χ0n) is 17.3. The van der Waals surface area contributed by atoms with E-state index in [2.05, 4.69) is 4.90 Å². The lowest BCUT2D eigenvalue weighted by Gasteiger charge is -2.24. The minimum Gasteiger partial charge on any atom is -0.480 e. The third-order valence-corrected chi connectivity index (χ3v) is 6.44. The molecule has 1 aliphatic rings. The van der Waals surface area contributed by atoms with Crippen LogP contribution in [0.25, 0.3) is 21.9 Å². The average molecular weight is 428 g/mol. The van der Waals surface area contributed by atoms with Crippen LogP contribution in [0.1, 0.15) is 18.4 Å². The van der Waals surface area contributed by atoms with Crippen LogP contribution in [0.3, 0.4) is 0 Å². The molecule has 30 heavy (non-hydrogen) atoms. The van der Waals surface area contributed by atoms with Crippen LogP contribution >= 0.6 is 11.8 Å². The minimum absolute atomic E-state index is 0.120. The molecule has 1 aliphatic carbocycles. The van der Waals surface area contributed by atoms with Crippen LogP contribution in [-0.2, 0) is 16.1 Å². The standard InChI is InChI=1S/C22H25N3O4S/c1-13-4-7-15-19(21(13)30-3)25(12-18(26)27)22-16(20(15)28)8-9-17(23-22)24(10-11-29-2)14-5-6-14/h4,7-9,14H,5-6,10-12H2,1-3H3,(H,26,27). The summed E-state index contributed by atoms with van der Waals surface area (Å²) in [7, 11) is 1.67. The Hall–Kier alpha value is -2.58. The van der Waals surface area contributed by atoms with E-state index in [1.165, 1.54) is 11.8 Å². The summed E-state index contributed by atoms with van der Waals surface area (Å²) in [4.78, 5) is 32.9. The average Bonchev–Trinajstić information content (AvgIpc) is 3.56. The Balaban J connectivity index is 2.03. The number of methoxy groups -OCH3 is 1. The minimum atomic E-state index is -0.972. The van der Waals surface area contributed by atoms with Gasteiger partial charge < -0.3 is 19.3 Å². The van der Waals surface area contributed by atoms with E-state index in [4.69, 9.17) is 9.72 Å². The van der Waals surface area contributed by atoms with Crippen molar-refractivity contribution >= 4 is 45.5 Å². The smallest absolute Gasteiger partial charge is 0.323 e. The SMILES string of the molecule is COCCN(c1ccc2c(=O)c3ccc(C)c(SC)c3n(CC(=O)O)c2n1)C1CC1. The van der Waals surface area contributed by atoms with Crippen LogP contribution in [0.2, 0.25) is 0 Å². The number of carboxylic acids is 1. The third-order valence-electron chi connectivity index (χ3n) is 5.52. The fraction of sp³-hybridized carbons (Fsp3) is 0.409. The van der Waals surface area contributed by atoms with Gasteiger partial charge in [0.05, 0.1) is 17.5 Å². The maximum Gasteiger partial charge on any atom is 0.323 e. The van der Waals surface area contributed by atoms with E-state index >= 15 is 0 Å². The number of aliphatic carboxylic acids is 1. The normalized spacial score (nSPS) is 13.8. The fourth-order valence-corrected chi connectivity index (χ4v) is 4.77. The first-order chi connectivity index (χ1) is 14.5. The second-order valence-electron chi connectivity index (χ2n) is 7.58. The van der Waals surface area contributed by atoms with Gasteiger partial charge in [0.1, 0.15) is 18.0 Å². The van der Waals surface area contributed by atoms with Crippen molar-refractivity contribution in [1.82, 2.24) is 9.55 Å². The molecule has 0 radical (unpaired) electrons. The lowest BCUT2D eigenvalue weighted by atomic mass is 10.1. The Morgan fingerprint density at radius 3 is 2.67 bits per heavy atom. The number of carbonyl (C=O) groups is 1. The largest absolute Gasteiger partial charge is 0.480 e. The van der Waals surface area contributed by atoms with Crippen molar-refractivity contribution in [3.8, 4) is 0 Å². The van der Waals surface area contributed by atoms with Crippen molar-refractivity contribution < 1.29 is 14.6 Å². The molecule has 1 N–H and O–H groups in total. The summed E-state index contributed by atoms with van der Waals surface area (Å²) in [6.07, 6.45) is 4.13. The maximum atomic E-state index is 13.3. The van der Waals surface area contributed by atoms with Gasteiger partial charge in [-0.1, -0.05) is 6.07 Å². The van der Waals surface area contributed by atoms with Gasteiger partial charge in [0, 0.05) is 30.0 Å². The van der Waals surface area contributed by atoms with Gasteiger partial charge in [-0.3, -0.25) is 9.59 Å². The first kappa shape index (κ1) is 20.7. The molecule has 7 nitrogen and oxygen atoms in total. The van der Waals surface area contributed by atoms with Gasteiger partial charge in [-0.05, 0) is 49.8 Å². The maximum absolute atomic E-state index is 13.3. The number of thioether (sulfide) groups is 1. The number of anilines is 1. The van der Waals surface area contributed by atoms with Gasteiger partial charge in [-0.25, -0.2) is 4.98 Å². The number of ether oxygens (including phenoxy) is 1. The van der Waals surface area contributed by atoms with E-state index in [1.807, 2.05) is 25.3 Å². The lowest BCUT2D eigenvalue weighted by Crippen LogP contribution is -2.30. The molecule has 2 aromatic heterocycles. The summed E-state index contributed by atoms with van der Waals surface area (Å²) < 4.78 is 6.93. The number of benzene rings is 1. The van der Waals surface area contributed by atoms with Gasteiger partial charge in [-0.15, -0.1) is 11.8 Å². The zero-order chi connectivity index (χ0) is 21.4. The second kappa shape index (κ2) is 8.28. The summed E-state index contributed by atoms with van der Waals surface area (Å²) in [6.45, 7) is 2.98. The van der Waals surface area contributed by atoms with Crippen molar-refractivity contribution in [3.05, 3.63) is 40.1 Å². The Morgan fingerprint density at radius 2 is 2.03 bits per heavy atom.